The largest absolute Gasteiger partial charge is 0.383 e. The van der Waals surface area contributed by atoms with Crippen LogP contribution in [0.25, 0.3) is 0 Å². The van der Waals surface area contributed by atoms with Crippen molar-refractivity contribution in [1.29, 1.82) is 0 Å². The molecule has 0 N–H and O–H groups in total. The molecule has 0 radical (unpaired) electrons. The van der Waals surface area contributed by atoms with Crippen LogP contribution in [0.3, 0.4) is 0 Å². The van der Waals surface area contributed by atoms with Gasteiger partial charge in [0.05, 0.1) is 12.3 Å². The molecule has 2 aliphatic heterocycles. The first-order chi connectivity index (χ1) is 10.6. The van der Waals surface area contributed by atoms with Crippen molar-refractivity contribution in [1.82, 2.24) is 4.81 Å². The fourth-order valence-corrected chi connectivity index (χ4v) is 5.15. The van der Waals surface area contributed by atoms with Gasteiger partial charge in [0.2, 0.25) is 0 Å². The lowest BCUT2D eigenvalue weighted by Crippen LogP contribution is -2.33. The second-order valence-corrected chi connectivity index (χ2v) is 7.56. The van der Waals surface area contributed by atoms with Crippen molar-refractivity contribution in [3.8, 4) is 0 Å². The molecule has 1 aromatic rings. The van der Waals surface area contributed by atoms with Crippen LogP contribution in [0.1, 0.15) is 36.0 Å². The summed E-state index contributed by atoms with van der Waals surface area (Å²) in [5.74, 6) is 0.577. The van der Waals surface area contributed by atoms with E-state index in [-0.39, 0.29) is 0 Å². The highest BCUT2D eigenvalue weighted by Gasteiger charge is 2.27. The van der Waals surface area contributed by atoms with E-state index < -0.39 is 0 Å². The zero-order valence-corrected chi connectivity index (χ0v) is 15.6. The van der Waals surface area contributed by atoms with E-state index in [4.69, 9.17) is 4.74 Å². The number of fused-ring (bicyclic) bond motifs is 2. The Balaban J connectivity index is 2.04. The Hall–Kier alpha value is -0.515. The lowest BCUT2D eigenvalue weighted by Gasteiger charge is -2.34. The maximum absolute atomic E-state index is 5.30. The molecule has 2 heterocycles. The van der Waals surface area contributed by atoms with Gasteiger partial charge in [-0.05, 0) is 70.9 Å². The van der Waals surface area contributed by atoms with Crippen molar-refractivity contribution in [2.24, 2.45) is 0 Å². The molecule has 120 valence electrons. The highest BCUT2D eigenvalue weighted by atomic mass is 79.9. The van der Waals surface area contributed by atoms with E-state index in [0.29, 0.717) is 5.92 Å². The summed E-state index contributed by atoms with van der Waals surface area (Å²) in [6.45, 7) is 7.58. The maximum atomic E-state index is 5.30. The predicted octanol–water partition coefficient (Wildman–Crippen LogP) is 2.36. The Morgan fingerprint density at radius 1 is 1.32 bits per heavy atom. The first-order valence-electron chi connectivity index (χ1n) is 8.38. The van der Waals surface area contributed by atoms with E-state index in [1.807, 2.05) is 0 Å². The van der Waals surface area contributed by atoms with Crippen molar-refractivity contribution in [3.63, 3.8) is 0 Å². The Labute approximate surface area is 143 Å². The molecule has 3 rings (SSSR count). The van der Waals surface area contributed by atoms with Crippen LogP contribution in [0.2, 0.25) is 0 Å². The number of nitrogens with zero attached hydrogens (tertiary/aromatic N) is 2. The van der Waals surface area contributed by atoms with Crippen LogP contribution in [0.15, 0.2) is 10.5 Å². The molecular weight excluding hydrogens is 339 g/mol. The average molecular weight is 365 g/mol. The van der Waals surface area contributed by atoms with Crippen LogP contribution < -0.4 is 4.90 Å². The van der Waals surface area contributed by atoms with Gasteiger partial charge in [0, 0.05) is 24.7 Å². The minimum absolute atomic E-state index is 0.577. The molecule has 2 aliphatic rings. The number of methoxy groups -OCH3 is 1. The fourth-order valence-electron chi connectivity index (χ4n) is 4.00. The third-order valence-electron chi connectivity index (χ3n) is 5.04. The van der Waals surface area contributed by atoms with E-state index in [1.54, 1.807) is 12.7 Å². The molecule has 0 bridgehead atoms. The van der Waals surface area contributed by atoms with Crippen molar-refractivity contribution in [2.75, 3.05) is 44.8 Å². The minimum Gasteiger partial charge on any atom is -0.383 e. The van der Waals surface area contributed by atoms with Gasteiger partial charge >= 0.3 is 0 Å². The number of benzene rings is 1. The van der Waals surface area contributed by atoms with Crippen molar-refractivity contribution >= 4 is 29.6 Å². The molecule has 1 atom stereocenters. The average Bonchev–Trinajstić information content (AvgIpc) is 2.63. The smallest absolute Gasteiger partial charge is 0.185 e. The first-order valence-corrected chi connectivity index (χ1v) is 9.17. The summed E-state index contributed by atoms with van der Waals surface area (Å²) < 4.78 is 6.65. The van der Waals surface area contributed by atoms with E-state index in [2.05, 4.69) is 46.6 Å². The summed E-state index contributed by atoms with van der Waals surface area (Å²) in [7, 11) is 4.02. The number of halogens is 1. The monoisotopic (exact) mass is 364 g/mol. The van der Waals surface area contributed by atoms with Gasteiger partial charge in [-0.2, -0.15) is 0 Å². The maximum Gasteiger partial charge on any atom is 0.185 e. The second kappa shape index (κ2) is 6.94. The Morgan fingerprint density at radius 3 is 2.91 bits per heavy atom. The third kappa shape index (κ3) is 3.08. The standard InChI is InChI=1S/C17H26BBrN2O/c1-12-11-21(18)7-5-13-10-14-4-3-6-20(8-9-22-2)17(14)16(19)15(12)13/h10,12H,3-9,11,18H2,1-2H3. The van der Waals surface area contributed by atoms with Gasteiger partial charge in [0.1, 0.15) is 0 Å². The van der Waals surface area contributed by atoms with Crippen molar-refractivity contribution < 1.29 is 4.74 Å². The fraction of sp³-hybridized carbons (Fsp3) is 0.647. The topological polar surface area (TPSA) is 15.7 Å². The second-order valence-electron chi connectivity index (χ2n) is 6.77. The van der Waals surface area contributed by atoms with Crippen LogP contribution in [0, 0.1) is 0 Å². The van der Waals surface area contributed by atoms with Crippen molar-refractivity contribution in [3.05, 3.63) is 27.2 Å². The lowest BCUT2D eigenvalue weighted by molar-refractivity contribution is 0.205. The molecule has 0 saturated carbocycles. The van der Waals surface area contributed by atoms with E-state index in [1.165, 1.54) is 40.5 Å². The molecule has 1 aromatic carbocycles. The Kier molecular flexibility index (Phi) is 5.15. The van der Waals surface area contributed by atoms with Gasteiger partial charge in [-0.3, -0.25) is 0 Å². The van der Waals surface area contributed by atoms with Gasteiger partial charge in [-0.25, -0.2) is 0 Å². The van der Waals surface area contributed by atoms with Crippen LogP contribution in [0.4, 0.5) is 5.69 Å². The number of hydrogen-bond acceptors (Lipinski definition) is 3. The van der Waals surface area contributed by atoms with Gasteiger partial charge in [0.25, 0.3) is 0 Å². The Bertz CT molecular complexity index is 552. The molecule has 5 heteroatoms. The molecule has 0 aliphatic carbocycles. The predicted molar refractivity (Wildman–Crippen MR) is 98.8 cm³/mol. The zero-order chi connectivity index (χ0) is 15.7. The third-order valence-corrected chi connectivity index (χ3v) is 5.84. The summed E-state index contributed by atoms with van der Waals surface area (Å²) in [5, 5.41) is 0. The van der Waals surface area contributed by atoms with E-state index >= 15 is 0 Å². The number of hydrogen-bond donors (Lipinski definition) is 0. The molecule has 22 heavy (non-hydrogen) atoms. The molecule has 1 unspecified atom stereocenters. The summed E-state index contributed by atoms with van der Waals surface area (Å²) in [6, 6.07) is 2.49. The van der Waals surface area contributed by atoms with Gasteiger partial charge in [-0.15, -0.1) is 0 Å². The van der Waals surface area contributed by atoms with Crippen LogP contribution >= 0.6 is 15.9 Å². The Morgan fingerprint density at radius 2 is 2.14 bits per heavy atom. The lowest BCUT2D eigenvalue weighted by atomic mass is 9.89. The number of aryl methyl sites for hydroxylation is 1. The van der Waals surface area contributed by atoms with Gasteiger partial charge in [-0.1, -0.05) is 13.0 Å². The highest BCUT2D eigenvalue weighted by Crippen LogP contribution is 2.42. The highest BCUT2D eigenvalue weighted by molar-refractivity contribution is 9.10. The minimum atomic E-state index is 0.577. The quantitative estimate of drug-likeness (QED) is 0.765. The molecule has 3 nitrogen and oxygen atoms in total. The van der Waals surface area contributed by atoms with Gasteiger partial charge in [0.15, 0.2) is 7.98 Å². The zero-order valence-electron chi connectivity index (χ0n) is 14.0. The van der Waals surface area contributed by atoms with E-state index in [9.17, 15) is 0 Å². The van der Waals surface area contributed by atoms with Crippen LogP contribution in [0.5, 0.6) is 0 Å². The molecule has 0 saturated heterocycles. The molecule has 0 amide bonds. The van der Waals surface area contributed by atoms with Crippen molar-refractivity contribution in [2.45, 2.75) is 32.1 Å². The molecule has 0 aromatic heterocycles. The molecule has 0 fully saturated rings. The van der Waals surface area contributed by atoms with Crippen LogP contribution in [-0.2, 0) is 17.6 Å². The SMILES string of the molecule is BN1CCc2cc3c(c(Br)c2C(C)C1)N(CCOC)CCC3. The number of rotatable bonds is 3. The summed E-state index contributed by atoms with van der Waals surface area (Å²) >= 11 is 3.98. The molecule has 0 spiro atoms. The first kappa shape index (κ1) is 16.3. The summed E-state index contributed by atoms with van der Waals surface area (Å²) in [4.78, 5) is 4.97. The summed E-state index contributed by atoms with van der Waals surface area (Å²) in [6.07, 6.45) is 3.62. The van der Waals surface area contributed by atoms with Gasteiger partial charge < -0.3 is 14.4 Å². The normalized spacial score (nSPS) is 22.1. The summed E-state index contributed by atoms with van der Waals surface area (Å²) in [5.41, 5.74) is 6.03. The molecular formula is C17H26BBrN2O. The van der Waals surface area contributed by atoms with E-state index in [0.717, 1.165) is 32.8 Å². The van der Waals surface area contributed by atoms with Crippen LogP contribution in [-0.4, -0.2) is 52.7 Å². The number of ether oxygens (including phenoxy) is 1. The number of anilines is 1.